The van der Waals surface area contributed by atoms with Gasteiger partial charge in [-0.05, 0) is 37.9 Å². The van der Waals surface area contributed by atoms with E-state index in [4.69, 9.17) is 4.74 Å². The van der Waals surface area contributed by atoms with Crippen molar-refractivity contribution in [3.05, 3.63) is 48.2 Å². The van der Waals surface area contributed by atoms with E-state index in [0.717, 1.165) is 18.7 Å². The summed E-state index contributed by atoms with van der Waals surface area (Å²) in [5.74, 6) is 0.456. The van der Waals surface area contributed by atoms with Crippen LogP contribution < -0.4 is 4.74 Å². The summed E-state index contributed by atoms with van der Waals surface area (Å²) in [6.07, 6.45) is -2.83. The van der Waals surface area contributed by atoms with Gasteiger partial charge in [-0.2, -0.15) is 13.2 Å². The van der Waals surface area contributed by atoms with Gasteiger partial charge in [0.15, 0.2) is 0 Å². The highest BCUT2D eigenvalue weighted by atomic mass is 19.4. The maximum Gasteiger partial charge on any atom is 0.416 e. The normalized spacial score (nSPS) is 11.7. The maximum atomic E-state index is 12.7. The van der Waals surface area contributed by atoms with Gasteiger partial charge < -0.3 is 9.64 Å². The summed E-state index contributed by atoms with van der Waals surface area (Å²) < 4.78 is 43.6. The number of ether oxygens (including phenoxy) is 1. The maximum absolute atomic E-state index is 12.7. The molecule has 22 heavy (non-hydrogen) atoms. The van der Waals surface area contributed by atoms with Crippen LogP contribution in [0.4, 0.5) is 13.2 Å². The van der Waals surface area contributed by atoms with Crippen LogP contribution in [-0.2, 0) is 6.18 Å². The lowest BCUT2D eigenvalue weighted by atomic mass is 10.0. The number of halogens is 3. The summed E-state index contributed by atoms with van der Waals surface area (Å²) in [6, 6.07) is 8.54. The average Bonchev–Trinajstić information content (AvgIpc) is 2.47. The first kappa shape index (κ1) is 16.3. The van der Waals surface area contributed by atoms with Crippen LogP contribution in [0.2, 0.25) is 0 Å². The van der Waals surface area contributed by atoms with E-state index < -0.39 is 11.7 Å². The zero-order chi connectivity index (χ0) is 16.2. The highest BCUT2D eigenvalue weighted by Crippen LogP contribution is 2.32. The minimum absolute atomic E-state index is 0.456. The molecule has 0 aliphatic rings. The lowest BCUT2D eigenvalue weighted by Gasteiger charge is -2.11. The fourth-order valence-corrected chi connectivity index (χ4v) is 1.84. The van der Waals surface area contributed by atoms with Crippen LogP contribution in [-0.4, -0.2) is 37.1 Å². The number of benzene rings is 1. The second-order valence-electron chi connectivity index (χ2n) is 5.12. The molecule has 0 saturated carbocycles. The largest absolute Gasteiger partial charge is 0.476 e. The van der Waals surface area contributed by atoms with E-state index in [1.165, 1.54) is 12.3 Å². The molecule has 0 aliphatic heterocycles. The molecule has 0 spiro atoms. The topological polar surface area (TPSA) is 25.4 Å². The SMILES string of the molecule is CN(C)CCOc1ccc(-c2cccc(C(F)(F)F)c2)cn1. The van der Waals surface area contributed by atoms with Gasteiger partial charge in [0.2, 0.25) is 5.88 Å². The molecule has 1 aromatic carbocycles. The molecule has 0 amide bonds. The van der Waals surface area contributed by atoms with Crippen molar-refractivity contribution < 1.29 is 17.9 Å². The summed E-state index contributed by atoms with van der Waals surface area (Å²) in [6.45, 7) is 1.26. The van der Waals surface area contributed by atoms with Crippen molar-refractivity contribution in [1.82, 2.24) is 9.88 Å². The first-order chi connectivity index (χ1) is 10.4. The summed E-state index contributed by atoms with van der Waals surface area (Å²) >= 11 is 0. The van der Waals surface area contributed by atoms with Gasteiger partial charge in [-0.3, -0.25) is 0 Å². The molecule has 0 N–H and O–H groups in total. The molecule has 0 unspecified atom stereocenters. The molecule has 0 saturated heterocycles. The van der Waals surface area contributed by atoms with E-state index in [2.05, 4.69) is 4.98 Å². The van der Waals surface area contributed by atoms with E-state index in [0.29, 0.717) is 23.6 Å². The Morgan fingerprint density at radius 3 is 2.45 bits per heavy atom. The predicted molar refractivity (Wildman–Crippen MR) is 78.7 cm³/mol. The molecule has 6 heteroatoms. The molecule has 0 atom stereocenters. The van der Waals surface area contributed by atoms with Gasteiger partial charge in [-0.25, -0.2) is 4.98 Å². The first-order valence-electron chi connectivity index (χ1n) is 6.77. The summed E-state index contributed by atoms with van der Waals surface area (Å²) in [5, 5.41) is 0. The summed E-state index contributed by atoms with van der Waals surface area (Å²) in [5.41, 5.74) is 0.421. The molecule has 1 heterocycles. The fourth-order valence-electron chi connectivity index (χ4n) is 1.84. The van der Waals surface area contributed by atoms with Gasteiger partial charge in [-0.1, -0.05) is 12.1 Å². The van der Waals surface area contributed by atoms with E-state index >= 15 is 0 Å². The molecule has 0 fully saturated rings. The third-order valence-corrected chi connectivity index (χ3v) is 3.05. The van der Waals surface area contributed by atoms with E-state index in [1.54, 1.807) is 18.2 Å². The van der Waals surface area contributed by atoms with Crippen LogP contribution in [0.15, 0.2) is 42.6 Å². The predicted octanol–water partition coefficient (Wildman–Crippen LogP) is 3.71. The Morgan fingerprint density at radius 1 is 1.09 bits per heavy atom. The number of aromatic nitrogens is 1. The van der Waals surface area contributed by atoms with Crippen LogP contribution in [0.25, 0.3) is 11.1 Å². The minimum atomic E-state index is -4.35. The minimum Gasteiger partial charge on any atom is -0.476 e. The molecule has 0 radical (unpaired) electrons. The lowest BCUT2D eigenvalue weighted by molar-refractivity contribution is -0.137. The summed E-state index contributed by atoms with van der Waals surface area (Å²) in [4.78, 5) is 6.10. The number of pyridine rings is 1. The Hall–Kier alpha value is -2.08. The Bertz CT molecular complexity index is 610. The molecule has 3 nitrogen and oxygen atoms in total. The van der Waals surface area contributed by atoms with Crippen molar-refractivity contribution in [1.29, 1.82) is 0 Å². The second-order valence-corrected chi connectivity index (χ2v) is 5.12. The smallest absolute Gasteiger partial charge is 0.416 e. The van der Waals surface area contributed by atoms with Gasteiger partial charge in [0, 0.05) is 24.4 Å². The van der Waals surface area contributed by atoms with Gasteiger partial charge in [0.1, 0.15) is 6.61 Å². The molecule has 2 rings (SSSR count). The zero-order valence-electron chi connectivity index (χ0n) is 12.4. The van der Waals surface area contributed by atoms with Gasteiger partial charge in [-0.15, -0.1) is 0 Å². The van der Waals surface area contributed by atoms with E-state index in [9.17, 15) is 13.2 Å². The van der Waals surface area contributed by atoms with Crippen LogP contribution in [0.1, 0.15) is 5.56 Å². The first-order valence-corrected chi connectivity index (χ1v) is 6.77. The highest BCUT2D eigenvalue weighted by Gasteiger charge is 2.30. The van der Waals surface area contributed by atoms with Crippen molar-refractivity contribution in [2.75, 3.05) is 27.2 Å². The number of likely N-dealkylation sites (N-methyl/N-ethyl adjacent to an activating group) is 1. The monoisotopic (exact) mass is 310 g/mol. The van der Waals surface area contributed by atoms with Crippen molar-refractivity contribution >= 4 is 0 Å². The quantitative estimate of drug-likeness (QED) is 0.842. The molecule has 2 aromatic rings. The van der Waals surface area contributed by atoms with E-state index in [-0.39, 0.29) is 0 Å². The summed E-state index contributed by atoms with van der Waals surface area (Å²) in [7, 11) is 3.88. The Balaban J connectivity index is 2.10. The zero-order valence-corrected chi connectivity index (χ0v) is 12.4. The van der Waals surface area contributed by atoms with E-state index in [1.807, 2.05) is 19.0 Å². The molecule has 1 aromatic heterocycles. The van der Waals surface area contributed by atoms with Crippen LogP contribution in [0.5, 0.6) is 5.88 Å². The second kappa shape index (κ2) is 6.79. The number of hydrogen-bond acceptors (Lipinski definition) is 3. The van der Waals surface area contributed by atoms with Gasteiger partial charge in [0.25, 0.3) is 0 Å². The van der Waals surface area contributed by atoms with Crippen molar-refractivity contribution in [2.45, 2.75) is 6.18 Å². The molecule has 118 valence electrons. The van der Waals surface area contributed by atoms with Crippen LogP contribution >= 0.6 is 0 Å². The third-order valence-electron chi connectivity index (χ3n) is 3.05. The number of alkyl halides is 3. The van der Waals surface area contributed by atoms with Crippen molar-refractivity contribution in [3.8, 4) is 17.0 Å². The Labute approximate surface area is 127 Å². The number of rotatable bonds is 5. The van der Waals surface area contributed by atoms with Gasteiger partial charge >= 0.3 is 6.18 Å². The average molecular weight is 310 g/mol. The lowest BCUT2D eigenvalue weighted by Crippen LogP contribution is -2.19. The van der Waals surface area contributed by atoms with Crippen molar-refractivity contribution in [2.24, 2.45) is 0 Å². The third kappa shape index (κ3) is 4.46. The standard InChI is InChI=1S/C16H17F3N2O/c1-21(2)8-9-22-15-7-6-13(11-20-15)12-4-3-5-14(10-12)16(17,18)19/h3-7,10-11H,8-9H2,1-2H3. The number of hydrogen-bond donors (Lipinski definition) is 0. The Kier molecular flexibility index (Phi) is 5.03. The molecular formula is C16H17F3N2O. The highest BCUT2D eigenvalue weighted by molar-refractivity contribution is 5.63. The van der Waals surface area contributed by atoms with Crippen LogP contribution in [0.3, 0.4) is 0 Å². The Morgan fingerprint density at radius 2 is 1.86 bits per heavy atom. The van der Waals surface area contributed by atoms with Gasteiger partial charge in [0.05, 0.1) is 5.56 Å². The van der Waals surface area contributed by atoms with Crippen molar-refractivity contribution in [3.63, 3.8) is 0 Å². The molecular weight excluding hydrogens is 293 g/mol. The molecule has 0 aliphatic carbocycles. The number of nitrogens with zero attached hydrogens (tertiary/aromatic N) is 2. The molecule has 0 bridgehead atoms. The van der Waals surface area contributed by atoms with Crippen LogP contribution in [0, 0.1) is 0 Å². The fraction of sp³-hybridized carbons (Fsp3) is 0.312.